The number of ether oxygens (including phenoxy) is 2. The highest BCUT2D eigenvalue weighted by atomic mass is 16.5. The van der Waals surface area contributed by atoms with Crippen LogP contribution in [0.25, 0.3) is 10.9 Å². The van der Waals surface area contributed by atoms with Crippen molar-refractivity contribution in [3.8, 4) is 11.5 Å². The van der Waals surface area contributed by atoms with Crippen molar-refractivity contribution >= 4 is 16.7 Å². The van der Waals surface area contributed by atoms with Gasteiger partial charge in [0.15, 0.2) is 11.5 Å². The molecule has 0 amide bonds. The van der Waals surface area contributed by atoms with Gasteiger partial charge in [0.25, 0.3) is 0 Å². The fourth-order valence-corrected chi connectivity index (χ4v) is 2.60. The van der Waals surface area contributed by atoms with Crippen LogP contribution in [0.1, 0.15) is 38.7 Å². The topological polar surface area (TPSA) is 43.4 Å². The van der Waals surface area contributed by atoms with Crippen molar-refractivity contribution in [3.05, 3.63) is 23.8 Å². The van der Waals surface area contributed by atoms with Gasteiger partial charge in [-0.15, -0.1) is 0 Å². The number of nitrogens with one attached hydrogen (secondary N) is 1. The van der Waals surface area contributed by atoms with Crippen LogP contribution in [-0.4, -0.2) is 24.7 Å². The first-order valence-electron chi connectivity index (χ1n) is 7.67. The maximum absolute atomic E-state index is 5.77. The number of benzene rings is 1. The SMILES string of the molecule is CCNc1nc2cc3c(cc2cc1C(C)C)OCCCO3. The molecular formula is C17H22N2O2. The van der Waals surface area contributed by atoms with Gasteiger partial charge in [0.2, 0.25) is 0 Å². The number of fused-ring (bicyclic) bond motifs is 2. The van der Waals surface area contributed by atoms with Crippen LogP contribution in [0.2, 0.25) is 0 Å². The molecule has 0 spiro atoms. The summed E-state index contributed by atoms with van der Waals surface area (Å²) in [7, 11) is 0. The van der Waals surface area contributed by atoms with Gasteiger partial charge in [0.05, 0.1) is 18.7 Å². The molecule has 1 aliphatic rings. The highest BCUT2D eigenvalue weighted by molar-refractivity contribution is 5.85. The van der Waals surface area contributed by atoms with E-state index < -0.39 is 0 Å². The Morgan fingerprint density at radius 2 is 1.86 bits per heavy atom. The van der Waals surface area contributed by atoms with E-state index in [1.54, 1.807) is 0 Å². The smallest absolute Gasteiger partial charge is 0.163 e. The minimum Gasteiger partial charge on any atom is -0.490 e. The molecule has 112 valence electrons. The molecule has 0 atom stereocenters. The minimum atomic E-state index is 0.423. The Bertz CT molecular complexity index is 653. The number of hydrogen-bond donors (Lipinski definition) is 1. The van der Waals surface area contributed by atoms with E-state index in [4.69, 9.17) is 14.5 Å². The van der Waals surface area contributed by atoms with E-state index in [1.165, 1.54) is 5.56 Å². The van der Waals surface area contributed by atoms with Crippen LogP contribution >= 0.6 is 0 Å². The van der Waals surface area contributed by atoms with Crippen LogP contribution in [0.4, 0.5) is 5.82 Å². The summed E-state index contributed by atoms with van der Waals surface area (Å²) in [5.74, 6) is 3.02. The lowest BCUT2D eigenvalue weighted by Gasteiger charge is -2.15. The van der Waals surface area contributed by atoms with Crippen molar-refractivity contribution in [1.82, 2.24) is 4.98 Å². The normalized spacial score (nSPS) is 14.3. The molecule has 1 aliphatic heterocycles. The molecule has 0 fully saturated rings. The largest absolute Gasteiger partial charge is 0.490 e. The maximum Gasteiger partial charge on any atom is 0.163 e. The van der Waals surface area contributed by atoms with E-state index in [1.807, 2.05) is 12.1 Å². The summed E-state index contributed by atoms with van der Waals surface area (Å²) in [6.07, 6.45) is 0.915. The van der Waals surface area contributed by atoms with Crippen molar-refractivity contribution in [1.29, 1.82) is 0 Å². The second-order valence-electron chi connectivity index (χ2n) is 5.65. The zero-order valence-electron chi connectivity index (χ0n) is 12.9. The lowest BCUT2D eigenvalue weighted by atomic mass is 10.0. The summed E-state index contributed by atoms with van der Waals surface area (Å²) in [5, 5.41) is 4.46. The van der Waals surface area contributed by atoms with E-state index in [0.717, 1.165) is 41.2 Å². The lowest BCUT2D eigenvalue weighted by molar-refractivity contribution is 0.297. The van der Waals surface area contributed by atoms with Crippen molar-refractivity contribution in [3.63, 3.8) is 0 Å². The van der Waals surface area contributed by atoms with Gasteiger partial charge in [0.1, 0.15) is 5.82 Å². The number of pyridine rings is 1. The molecule has 4 nitrogen and oxygen atoms in total. The Morgan fingerprint density at radius 3 is 2.52 bits per heavy atom. The fraction of sp³-hybridized carbons (Fsp3) is 0.471. The molecule has 3 rings (SSSR count). The van der Waals surface area contributed by atoms with Gasteiger partial charge < -0.3 is 14.8 Å². The predicted octanol–water partition coefficient (Wildman–Crippen LogP) is 3.95. The van der Waals surface area contributed by atoms with Gasteiger partial charge in [-0.2, -0.15) is 0 Å². The van der Waals surface area contributed by atoms with Crippen molar-refractivity contribution in [2.75, 3.05) is 25.1 Å². The second-order valence-corrected chi connectivity index (χ2v) is 5.65. The van der Waals surface area contributed by atoms with Gasteiger partial charge in [-0.1, -0.05) is 13.8 Å². The number of aromatic nitrogens is 1. The summed E-state index contributed by atoms with van der Waals surface area (Å²) < 4.78 is 11.5. The Kier molecular flexibility index (Phi) is 3.86. The molecule has 21 heavy (non-hydrogen) atoms. The molecule has 4 heteroatoms. The number of nitrogens with zero attached hydrogens (tertiary/aromatic N) is 1. The maximum atomic E-state index is 5.77. The van der Waals surface area contributed by atoms with Crippen LogP contribution in [-0.2, 0) is 0 Å². The lowest BCUT2D eigenvalue weighted by Crippen LogP contribution is -2.05. The van der Waals surface area contributed by atoms with Crippen molar-refractivity contribution in [2.24, 2.45) is 0 Å². The third-order valence-corrected chi connectivity index (χ3v) is 3.68. The summed E-state index contributed by atoms with van der Waals surface area (Å²) in [6.45, 7) is 8.73. The molecule has 1 N–H and O–H groups in total. The third kappa shape index (κ3) is 2.75. The summed E-state index contributed by atoms with van der Waals surface area (Å²) >= 11 is 0. The average Bonchev–Trinajstić information content (AvgIpc) is 2.69. The summed E-state index contributed by atoms with van der Waals surface area (Å²) in [4.78, 5) is 4.78. The Morgan fingerprint density at radius 1 is 1.14 bits per heavy atom. The van der Waals surface area contributed by atoms with E-state index in [2.05, 4.69) is 32.2 Å². The van der Waals surface area contributed by atoms with Gasteiger partial charge in [-0.3, -0.25) is 0 Å². The average molecular weight is 286 g/mol. The van der Waals surface area contributed by atoms with Gasteiger partial charge >= 0.3 is 0 Å². The second kappa shape index (κ2) is 5.80. The monoisotopic (exact) mass is 286 g/mol. The van der Waals surface area contributed by atoms with Crippen LogP contribution < -0.4 is 14.8 Å². The standard InChI is InChI=1S/C17H22N2O2/c1-4-18-17-13(11(2)3)8-12-9-15-16(10-14(12)19-17)21-7-5-6-20-15/h8-11H,4-7H2,1-3H3,(H,18,19). The predicted molar refractivity (Wildman–Crippen MR) is 85.6 cm³/mol. The zero-order valence-corrected chi connectivity index (χ0v) is 12.9. The molecule has 0 unspecified atom stereocenters. The molecule has 1 aromatic carbocycles. The van der Waals surface area contributed by atoms with Crippen LogP contribution in [0, 0.1) is 0 Å². The van der Waals surface area contributed by atoms with Gasteiger partial charge in [-0.05, 0) is 30.5 Å². The summed E-state index contributed by atoms with van der Waals surface area (Å²) in [6, 6.07) is 6.24. The first kappa shape index (κ1) is 14.0. The zero-order chi connectivity index (χ0) is 14.8. The quantitative estimate of drug-likeness (QED) is 0.927. The minimum absolute atomic E-state index is 0.423. The fourth-order valence-electron chi connectivity index (χ4n) is 2.60. The number of hydrogen-bond acceptors (Lipinski definition) is 4. The van der Waals surface area contributed by atoms with E-state index in [-0.39, 0.29) is 0 Å². The molecule has 1 aromatic heterocycles. The summed E-state index contributed by atoms with van der Waals surface area (Å²) in [5.41, 5.74) is 2.18. The van der Waals surface area contributed by atoms with Crippen LogP contribution in [0.5, 0.6) is 11.5 Å². The molecule has 0 saturated carbocycles. The third-order valence-electron chi connectivity index (χ3n) is 3.68. The Labute approximate surface area is 125 Å². The molecule has 0 aliphatic carbocycles. The van der Waals surface area contributed by atoms with Crippen LogP contribution in [0.3, 0.4) is 0 Å². The first-order valence-corrected chi connectivity index (χ1v) is 7.67. The molecule has 0 radical (unpaired) electrons. The number of rotatable bonds is 3. The first-order chi connectivity index (χ1) is 10.2. The Balaban J connectivity index is 2.15. The molecular weight excluding hydrogens is 264 g/mol. The van der Waals surface area contributed by atoms with Gasteiger partial charge in [0, 0.05) is 24.4 Å². The van der Waals surface area contributed by atoms with Crippen LogP contribution in [0.15, 0.2) is 18.2 Å². The highest BCUT2D eigenvalue weighted by Gasteiger charge is 2.15. The van der Waals surface area contributed by atoms with E-state index in [9.17, 15) is 0 Å². The van der Waals surface area contributed by atoms with Crippen molar-refractivity contribution < 1.29 is 9.47 Å². The number of anilines is 1. The molecule has 2 heterocycles. The van der Waals surface area contributed by atoms with Crippen molar-refractivity contribution in [2.45, 2.75) is 33.1 Å². The highest BCUT2D eigenvalue weighted by Crippen LogP contribution is 2.36. The Hall–Kier alpha value is -1.97. The van der Waals surface area contributed by atoms with E-state index in [0.29, 0.717) is 19.1 Å². The van der Waals surface area contributed by atoms with Gasteiger partial charge in [-0.25, -0.2) is 4.98 Å². The molecule has 0 saturated heterocycles. The van der Waals surface area contributed by atoms with E-state index >= 15 is 0 Å². The molecule has 0 bridgehead atoms. The molecule has 2 aromatic rings.